The van der Waals surface area contributed by atoms with Crippen molar-refractivity contribution in [3.63, 3.8) is 0 Å². The second-order valence-electron chi connectivity index (χ2n) is 5.32. The minimum Gasteiger partial charge on any atom is -0.478 e. The number of hydrogen-bond acceptors (Lipinski definition) is 5. The highest BCUT2D eigenvalue weighted by molar-refractivity contribution is 7.09. The summed E-state index contributed by atoms with van der Waals surface area (Å²) >= 11 is 1.52. The first-order valence-electron chi connectivity index (χ1n) is 7.03. The molecule has 2 heterocycles. The SMILES string of the molecule is O=C(O)c1ccnc(C(=O)NC2(c3nccs3)CCCC2)c1. The molecule has 0 aromatic carbocycles. The number of nitrogens with one attached hydrogen (secondary N) is 1. The van der Waals surface area contributed by atoms with E-state index in [1.165, 1.54) is 29.7 Å². The summed E-state index contributed by atoms with van der Waals surface area (Å²) in [4.78, 5) is 31.8. The molecule has 0 bridgehead atoms. The fourth-order valence-electron chi connectivity index (χ4n) is 2.80. The molecule has 0 saturated heterocycles. The number of nitrogens with zero attached hydrogens (tertiary/aromatic N) is 2. The first kappa shape index (κ1) is 14.6. The Morgan fingerprint density at radius 2 is 2.00 bits per heavy atom. The lowest BCUT2D eigenvalue weighted by molar-refractivity contribution is 0.0696. The lowest BCUT2D eigenvalue weighted by Crippen LogP contribution is -2.44. The molecular formula is C15H15N3O3S. The molecule has 0 atom stereocenters. The van der Waals surface area contributed by atoms with Crippen molar-refractivity contribution in [1.82, 2.24) is 15.3 Å². The average molecular weight is 317 g/mol. The largest absolute Gasteiger partial charge is 0.478 e. The third-order valence-electron chi connectivity index (χ3n) is 3.89. The van der Waals surface area contributed by atoms with E-state index in [2.05, 4.69) is 15.3 Å². The summed E-state index contributed by atoms with van der Waals surface area (Å²) in [6.07, 6.45) is 6.80. The van der Waals surface area contributed by atoms with Crippen molar-refractivity contribution in [2.75, 3.05) is 0 Å². The van der Waals surface area contributed by atoms with Crippen LogP contribution in [0.3, 0.4) is 0 Å². The minimum atomic E-state index is -1.08. The Labute approximate surface area is 131 Å². The van der Waals surface area contributed by atoms with Gasteiger partial charge in [-0.05, 0) is 25.0 Å². The number of thiazole rings is 1. The summed E-state index contributed by atoms with van der Waals surface area (Å²) in [6.45, 7) is 0. The molecular weight excluding hydrogens is 302 g/mol. The van der Waals surface area contributed by atoms with E-state index >= 15 is 0 Å². The van der Waals surface area contributed by atoms with E-state index in [9.17, 15) is 9.59 Å². The third-order valence-corrected chi connectivity index (χ3v) is 4.87. The van der Waals surface area contributed by atoms with Gasteiger partial charge in [-0.2, -0.15) is 0 Å². The van der Waals surface area contributed by atoms with Crippen LogP contribution in [0.2, 0.25) is 0 Å². The van der Waals surface area contributed by atoms with Gasteiger partial charge in [0, 0.05) is 17.8 Å². The highest BCUT2D eigenvalue weighted by Gasteiger charge is 2.39. The van der Waals surface area contributed by atoms with Gasteiger partial charge in [0.1, 0.15) is 10.7 Å². The summed E-state index contributed by atoms with van der Waals surface area (Å²) < 4.78 is 0. The number of amides is 1. The number of carbonyl (C=O) groups excluding carboxylic acids is 1. The molecule has 6 nitrogen and oxygen atoms in total. The Morgan fingerprint density at radius 3 is 2.64 bits per heavy atom. The summed E-state index contributed by atoms with van der Waals surface area (Å²) in [5.74, 6) is -1.44. The van der Waals surface area contributed by atoms with E-state index in [1.54, 1.807) is 6.20 Å². The molecule has 3 rings (SSSR count). The molecule has 0 aliphatic heterocycles. The van der Waals surface area contributed by atoms with E-state index in [0.717, 1.165) is 30.7 Å². The van der Waals surface area contributed by atoms with Gasteiger partial charge in [0.2, 0.25) is 0 Å². The second-order valence-corrected chi connectivity index (χ2v) is 6.21. The number of rotatable bonds is 4. The van der Waals surface area contributed by atoms with Gasteiger partial charge in [-0.15, -0.1) is 11.3 Å². The fourth-order valence-corrected chi connectivity index (χ4v) is 3.65. The summed E-state index contributed by atoms with van der Waals surface area (Å²) in [7, 11) is 0. The molecule has 1 aliphatic rings. The lowest BCUT2D eigenvalue weighted by Gasteiger charge is -2.28. The molecule has 22 heavy (non-hydrogen) atoms. The smallest absolute Gasteiger partial charge is 0.335 e. The normalized spacial score (nSPS) is 16.4. The van der Waals surface area contributed by atoms with Crippen LogP contribution in [0.5, 0.6) is 0 Å². The molecule has 7 heteroatoms. The second kappa shape index (κ2) is 5.84. The maximum atomic E-state index is 12.5. The molecule has 1 fully saturated rings. The molecule has 0 spiro atoms. The Bertz CT molecular complexity index is 694. The predicted octanol–water partition coefficient (Wildman–Crippen LogP) is 2.44. The highest BCUT2D eigenvalue weighted by atomic mass is 32.1. The molecule has 2 N–H and O–H groups in total. The number of aromatic carboxylic acids is 1. The van der Waals surface area contributed by atoms with Gasteiger partial charge in [0.25, 0.3) is 5.91 Å². The summed E-state index contributed by atoms with van der Waals surface area (Å²) in [5, 5.41) is 14.8. The summed E-state index contributed by atoms with van der Waals surface area (Å²) in [5.41, 5.74) is -0.288. The van der Waals surface area contributed by atoms with Crippen molar-refractivity contribution in [2.45, 2.75) is 31.2 Å². The Hall–Kier alpha value is -2.28. The molecule has 1 aliphatic carbocycles. The molecule has 0 radical (unpaired) electrons. The molecule has 2 aromatic rings. The maximum absolute atomic E-state index is 12.5. The van der Waals surface area contributed by atoms with Crippen LogP contribution >= 0.6 is 11.3 Å². The van der Waals surface area contributed by atoms with Crippen molar-refractivity contribution in [1.29, 1.82) is 0 Å². The van der Waals surface area contributed by atoms with Gasteiger partial charge in [0.15, 0.2) is 0 Å². The zero-order valence-electron chi connectivity index (χ0n) is 11.8. The van der Waals surface area contributed by atoms with Crippen molar-refractivity contribution < 1.29 is 14.7 Å². The van der Waals surface area contributed by atoms with E-state index in [1.807, 2.05) is 5.38 Å². The van der Waals surface area contributed by atoms with Crippen molar-refractivity contribution >= 4 is 23.2 Å². The Kier molecular flexibility index (Phi) is 3.89. The van der Waals surface area contributed by atoms with Crippen LogP contribution in [-0.4, -0.2) is 27.0 Å². The molecule has 114 valence electrons. The standard InChI is InChI=1S/C15H15N3O3S/c19-12(11-9-10(13(20)21)3-6-16-11)18-15(4-1-2-5-15)14-17-7-8-22-14/h3,6-9H,1-2,4-5H2,(H,18,19)(H,20,21). The monoisotopic (exact) mass is 317 g/mol. The number of hydrogen-bond donors (Lipinski definition) is 2. The molecule has 0 unspecified atom stereocenters. The maximum Gasteiger partial charge on any atom is 0.335 e. The predicted molar refractivity (Wildman–Crippen MR) is 80.9 cm³/mol. The Balaban J connectivity index is 1.86. The van der Waals surface area contributed by atoms with Crippen molar-refractivity contribution in [3.8, 4) is 0 Å². The molecule has 1 amide bonds. The number of carboxylic acid groups (broad SMARTS) is 1. The molecule has 1 saturated carbocycles. The topological polar surface area (TPSA) is 92.2 Å². The minimum absolute atomic E-state index is 0.0508. The van der Waals surface area contributed by atoms with E-state index < -0.39 is 11.5 Å². The van der Waals surface area contributed by atoms with Gasteiger partial charge in [-0.25, -0.2) is 9.78 Å². The quantitative estimate of drug-likeness (QED) is 0.903. The highest BCUT2D eigenvalue weighted by Crippen LogP contribution is 2.39. The van der Waals surface area contributed by atoms with Gasteiger partial charge in [0.05, 0.1) is 11.1 Å². The van der Waals surface area contributed by atoms with E-state index in [-0.39, 0.29) is 17.2 Å². The molecule has 2 aromatic heterocycles. The van der Waals surface area contributed by atoms with Gasteiger partial charge in [-0.3, -0.25) is 9.78 Å². The van der Waals surface area contributed by atoms with Crippen LogP contribution in [0.1, 0.15) is 51.5 Å². The van der Waals surface area contributed by atoms with Crippen molar-refractivity contribution in [3.05, 3.63) is 46.2 Å². The first-order chi connectivity index (χ1) is 10.6. The van der Waals surface area contributed by atoms with Gasteiger partial charge >= 0.3 is 5.97 Å². The van der Waals surface area contributed by atoms with Crippen LogP contribution in [0, 0.1) is 0 Å². The van der Waals surface area contributed by atoms with Crippen LogP contribution in [0.25, 0.3) is 0 Å². The lowest BCUT2D eigenvalue weighted by atomic mass is 9.98. The summed E-state index contributed by atoms with van der Waals surface area (Å²) in [6, 6.07) is 2.66. The third kappa shape index (κ3) is 2.71. The zero-order chi connectivity index (χ0) is 15.6. The zero-order valence-corrected chi connectivity index (χ0v) is 12.6. The fraction of sp³-hybridized carbons (Fsp3) is 0.333. The first-order valence-corrected chi connectivity index (χ1v) is 7.90. The van der Waals surface area contributed by atoms with Crippen LogP contribution in [0.4, 0.5) is 0 Å². The van der Waals surface area contributed by atoms with E-state index in [0.29, 0.717) is 0 Å². The van der Waals surface area contributed by atoms with Crippen LogP contribution < -0.4 is 5.32 Å². The number of carboxylic acids is 1. The van der Waals surface area contributed by atoms with Crippen LogP contribution in [0.15, 0.2) is 29.9 Å². The number of aromatic nitrogens is 2. The van der Waals surface area contributed by atoms with Gasteiger partial charge in [-0.1, -0.05) is 12.8 Å². The number of pyridine rings is 1. The van der Waals surface area contributed by atoms with Crippen molar-refractivity contribution in [2.24, 2.45) is 0 Å². The van der Waals surface area contributed by atoms with Gasteiger partial charge < -0.3 is 10.4 Å². The average Bonchev–Trinajstić information content (AvgIpc) is 3.19. The number of carbonyl (C=O) groups is 2. The van der Waals surface area contributed by atoms with Crippen LogP contribution in [-0.2, 0) is 5.54 Å². The Morgan fingerprint density at radius 1 is 1.23 bits per heavy atom. The van der Waals surface area contributed by atoms with E-state index in [4.69, 9.17) is 5.11 Å².